The summed E-state index contributed by atoms with van der Waals surface area (Å²) in [6, 6.07) is 17.2. The Hall–Kier alpha value is -3.77. The van der Waals surface area contributed by atoms with Gasteiger partial charge in [-0.3, -0.25) is 9.59 Å². The van der Waals surface area contributed by atoms with Crippen molar-refractivity contribution in [1.82, 2.24) is 9.55 Å². The van der Waals surface area contributed by atoms with E-state index in [2.05, 4.69) is 4.98 Å². The molecule has 0 radical (unpaired) electrons. The molecule has 2 aromatic heterocycles. The van der Waals surface area contributed by atoms with Crippen LogP contribution in [0.15, 0.2) is 71.7 Å². The van der Waals surface area contributed by atoms with Crippen molar-refractivity contribution in [1.29, 1.82) is 0 Å². The van der Waals surface area contributed by atoms with Gasteiger partial charge in [0.25, 0.3) is 0 Å². The molecule has 0 amide bonds. The largest absolute Gasteiger partial charge is 0.477 e. The summed E-state index contributed by atoms with van der Waals surface area (Å²) in [5, 5.41) is 9.64. The van der Waals surface area contributed by atoms with Gasteiger partial charge in [0.15, 0.2) is 5.78 Å². The number of carbonyl (C=O) groups excluding carboxylic acids is 1. The van der Waals surface area contributed by atoms with Gasteiger partial charge in [-0.1, -0.05) is 30.3 Å². The van der Waals surface area contributed by atoms with E-state index in [9.17, 15) is 19.5 Å². The molecule has 0 spiro atoms. The van der Waals surface area contributed by atoms with E-state index in [1.54, 1.807) is 47.0 Å². The predicted molar refractivity (Wildman–Crippen MR) is 125 cm³/mol. The molecule has 0 aliphatic rings. The first-order chi connectivity index (χ1) is 14.8. The average Bonchev–Trinajstić information content (AvgIpc) is 2.77. The normalized spacial score (nSPS) is 10.6. The van der Waals surface area contributed by atoms with E-state index in [4.69, 9.17) is 0 Å². The minimum Gasteiger partial charge on any atom is -0.477 e. The number of benzene rings is 2. The second-order valence-corrected chi connectivity index (χ2v) is 7.46. The number of ketones is 1. The van der Waals surface area contributed by atoms with Gasteiger partial charge in [-0.2, -0.15) is 0 Å². The quantitative estimate of drug-likeness (QED) is 0.457. The third-order valence-corrected chi connectivity index (χ3v) is 5.36. The van der Waals surface area contributed by atoms with Crippen molar-refractivity contribution in [2.75, 3.05) is 0 Å². The second kappa shape index (κ2) is 9.16. The number of nitrogens with zero attached hydrogens (tertiary/aromatic N) is 2. The Labute approximate surface area is 190 Å². The molecule has 4 rings (SSSR count). The van der Waals surface area contributed by atoms with Crippen molar-refractivity contribution < 1.29 is 14.7 Å². The Morgan fingerprint density at radius 3 is 2.44 bits per heavy atom. The lowest BCUT2D eigenvalue weighted by molar-refractivity contribution is 0.0690. The summed E-state index contributed by atoms with van der Waals surface area (Å²) in [6.45, 7) is 4.10. The van der Waals surface area contributed by atoms with Gasteiger partial charge >= 0.3 is 5.97 Å². The van der Waals surface area contributed by atoms with E-state index in [0.29, 0.717) is 22.2 Å². The second-order valence-electron chi connectivity index (χ2n) is 7.46. The number of aromatic carboxylic acids is 1. The summed E-state index contributed by atoms with van der Waals surface area (Å²) in [6.07, 6.45) is 1.54. The fraction of sp³-hybridized carbons (Fsp3) is 0.120. The summed E-state index contributed by atoms with van der Waals surface area (Å²) < 4.78 is 1.76. The molecule has 0 aliphatic heterocycles. The first kappa shape index (κ1) is 22.9. The van der Waals surface area contributed by atoms with Crippen LogP contribution in [0.2, 0.25) is 0 Å². The van der Waals surface area contributed by atoms with Crippen molar-refractivity contribution >= 4 is 35.1 Å². The zero-order valence-electron chi connectivity index (χ0n) is 17.5. The number of halogens is 1. The SMILES string of the molecule is Cc1ccc(C(=O)c2cn(Cc3cccc(C(=O)O)n3)c3ccccc3c2=O)cc1C.Cl. The van der Waals surface area contributed by atoms with Crippen LogP contribution in [0.4, 0.5) is 0 Å². The molecule has 6 nitrogen and oxygen atoms in total. The Bertz CT molecular complexity index is 1410. The number of aryl methyl sites for hydroxylation is 2. The molecule has 0 aliphatic carbocycles. The first-order valence-corrected chi connectivity index (χ1v) is 9.78. The van der Waals surface area contributed by atoms with Gasteiger partial charge in [0.2, 0.25) is 5.43 Å². The molecule has 32 heavy (non-hydrogen) atoms. The highest BCUT2D eigenvalue weighted by Gasteiger charge is 2.18. The van der Waals surface area contributed by atoms with E-state index in [1.165, 1.54) is 12.3 Å². The van der Waals surface area contributed by atoms with Crippen LogP contribution in [0, 0.1) is 13.8 Å². The smallest absolute Gasteiger partial charge is 0.354 e. The summed E-state index contributed by atoms with van der Waals surface area (Å²) in [4.78, 5) is 41.8. The van der Waals surface area contributed by atoms with Gasteiger partial charge in [0.1, 0.15) is 5.69 Å². The van der Waals surface area contributed by atoms with Crippen LogP contribution in [-0.2, 0) is 6.54 Å². The number of carbonyl (C=O) groups is 2. The summed E-state index contributed by atoms with van der Waals surface area (Å²) >= 11 is 0. The van der Waals surface area contributed by atoms with E-state index in [-0.39, 0.29) is 41.4 Å². The van der Waals surface area contributed by atoms with Crippen LogP contribution >= 0.6 is 12.4 Å². The molecule has 2 aromatic carbocycles. The van der Waals surface area contributed by atoms with Gasteiger partial charge in [-0.25, -0.2) is 9.78 Å². The molecule has 0 bridgehead atoms. The zero-order chi connectivity index (χ0) is 22.1. The minimum absolute atomic E-state index is 0. The van der Waals surface area contributed by atoms with Crippen molar-refractivity contribution in [3.05, 3.63) is 111 Å². The highest BCUT2D eigenvalue weighted by atomic mass is 35.5. The molecule has 0 fully saturated rings. The molecular formula is C25H21ClN2O4. The van der Waals surface area contributed by atoms with Gasteiger partial charge in [0.05, 0.1) is 23.3 Å². The van der Waals surface area contributed by atoms with Gasteiger partial charge in [-0.15, -0.1) is 12.4 Å². The summed E-state index contributed by atoms with van der Waals surface area (Å²) in [7, 11) is 0. The highest BCUT2D eigenvalue weighted by Crippen LogP contribution is 2.17. The molecule has 4 aromatic rings. The lowest BCUT2D eigenvalue weighted by Crippen LogP contribution is -2.20. The molecule has 0 atom stereocenters. The maximum absolute atomic E-state index is 13.2. The number of rotatable bonds is 5. The Balaban J connectivity index is 0.00000289. The van der Waals surface area contributed by atoms with E-state index >= 15 is 0 Å². The number of carboxylic acids is 1. The predicted octanol–water partition coefficient (Wildman–Crippen LogP) is 4.41. The fourth-order valence-corrected chi connectivity index (χ4v) is 3.54. The van der Waals surface area contributed by atoms with Crippen LogP contribution in [0.5, 0.6) is 0 Å². The maximum atomic E-state index is 13.2. The minimum atomic E-state index is -1.11. The summed E-state index contributed by atoms with van der Waals surface area (Å²) in [5.74, 6) is -1.46. The molecule has 0 unspecified atom stereocenters. The molecule has 0 saturated heterocycles. The maximum Gasteiger partial charge on any atom is 0.354 e. The number of para-hydroxylation sites is 1. The van der Waals surface area contributed by atoms with Gasteiger partial charge in [0, 0.05) is 17.1 Å². The van der Waals surface area contributed by atoms with Crippen LogP contribution in [0.25, 0.3) is 10.9 Å². The van der Waals surface area contributed by atoms with E-state index in [0.717, 1.165) is 11.1 Å². The van der Waals surface area contributed by atoms with E-state index < -0.39 is 5.97 Å². The molecule has 7 heteroatoms. The molecule has 1 N–H and O–H groups in total. The Kier molecular flexibility index (Phi) is 6.55. The number of hydrogen-bond donors (Lipinski definition) is 1. The Morgan fingerprint density at radius 2 is 1.72 bits per heavy atom. The summed E-state index contributed by atoms with van der Waals surface area (Å²) in [5.41, 5.74) is 3.32. The molecular weight excluding hydrogens is 428 g/mol. The van der Waals surface area contributed by atoms with Crippen LogP contribution in [0.1, 0.15) is 43.2 Å². The monoisotopic (exact) mass is 448 g/mol. The van der Waals surface area contributed by atoms with Crippen molar-refractivity contribution in [2.45, 2.75) is 20.4 Å². The topological polar surface area (TPSA) is 89.3 Å². The molecule has 0 saturated carbocycles. The highest BCUT2D eigenvalue weighted by molar-refractivity contribution is 6.10. The first-order valence-electron chi connectivity index (χ1n) is 9.78. The standard InChI is InChI=1S/C25H20N2O4.ClH/c1-15-10-11-17(12-16(15)2)23(28)20-14-27(22-9-4-3-7-19(22)24(20)29)13-18-6-5-8-21(26-18)25(30)31;/h3-12,14H,13H2,1-2H3,(H,30,31);1H. The Morgan fingerprint density at radius 1 is 0.969 bits per heavy atom. The lowest BCUT2D eigenvalue weighted by atomic mass is 9.99. The average molecular weight is 449 g/mol. The fourth-order valence-electron chi connectivity index (χ4n) is 3.54. The van der Waals surface area contributed by atoms with Crippen molar-refractivity contribution in [3.8, 4) is 0 Å². The third kappa shape index (κ3) is 4.31. The van der Waals surface area contributed by atoms with Gasteiger partial charge in [-0.05, 0) is 55.3 Å². The number of aromatic nitrogens is 2. The zero-order valence-corrected chi connectivity index (χ0v) is 18.3. The number of fused-ring (bicyclic) bond motifs is 1. The third-order valence-electron chi connectivity index (χ3n) is 5.36. The van der Waals surface area contributed by atoms with Crippen LogP contribution in [0.3, 0.4) is 0 Å². The number of carboxylic acid groups (broad SMARTS) is 1. The van der Waals surface area contributed by atoms with Crippen LogP contribution in [-0.4, -0.2) is 26.4 Å². The van der Waals surface area contributed by atoms with Crippen molar-refractivity contribution in [3.63, 3.8) is 0 Å². The number of hydrogen-bond acceptors (Lipinski definition) is 4. The lowest BCUT2D eigenvalue weighted by Gasteiger charge is -2.13. The molecule has 162 valence electrons. The number of pyridine rings is 2. The van der Waals surface area contributed by atoms with Crippen LogP contribution < -0.4 is 5.43 Å². The van der Waals surface area contributed by atoms with Gasteiger partial charge < -0.3 is 9.67 Å². The molecule has 2 heterocycles. The van der Waals surface area contributed by atoms with Crippen molar-refractivity contribution in [2.24, 2.45) is 0 Å². The van der Waals surface area contributed by atoms with E-state index in [1.807, 2.05) is 26.0 Å².